The van der Waals surface area contributed by atoms with Crippen molar-refractivity contribution in [2.24, 2.45) is 5.84 Å². The molecule has 0 amide bonds. The van der Waals surface area contributed by atoms with Gasteiger partial charge in [0.1, 0.15) is 5.02 Å². The Balaban J connectivity index is 2.20. The summed E-state index contributed by atoms with van der Waals surface area (Å²) < 4.78 is 0. The van der Waals surface area contributed by atoms with Gasteiger partial charge >= 0.3 is 0 Å². The molecule has 1 aliphatic rings. The molecule has 0 aromatic carbocycles. The van der Waals surface area contributed by atoms with Crippen LogP contribution in [0.15, 0.2) is 6.20 Å². The summed E-state index contributed by atoms with van der Waals surface area (Å²) in [4.78, 5) is 10.3. The number of aliphatic hydroxyl groups is 1. The van der Waals surface area contributed by atoms with Crippen LogP contribution in [0.1, 0.15) is 26.2 Å². The highest BCUT2D eigenvalue weighted by Crippen LogP contribution is 2.28. The van der Waals surface area contributed by atoms with E-state index in [1.54, 1.807) is 0 Å². The van der Waals surface area contributed by atoms with Gasteiger partial charge in [-0.05, 0) is 26.2 Å². The zero-order valence-electron chi connectivity index (χ0n) is 10.4. The zero-order chi connectivity index (χ0) is 13.2. The minimum atomic E-state index is -0.608. The Morgan fingerprint density at radius 2 is 2.28 bits per heavy atom. The summed E-state index contributed by atoms with van der Waals surface area (Å²) in [5, 5.41) is 10.6. The van der Waals surface area contributed by atoms with Crippen LogP contribution in [0.4, 0.5) is 11.8 Å². The van der Waals surface area contributed by atoms with E-state index >= 15 is 0 Å². The van der Waals surface area contributed by atoms with Gasteiger partial charge in [0.25, 0.3) is 0 Å². The summed E-state index contributed by atoms with van der Waals surface area (Å²) in [6.07, 6.45) is 3.91. The molecule has 1 fully saturated rings. The zero-order valence-corrected chi connectivity index (χ0v) is 11.1. The van der Waals surface area contributed by atoms with E-state index in [0.29, 0.717) is 29.8 Å². The number of nitrogens with two attached hydrogens (primary N) is 1. The Hall–Kier alpha value is -1.11. The standard InChI is InChI=1S/C11H18ClN5O/c1-11(18)3-2-5-17(6-4-11)9-8(12)7-14-10(15-9)16-13/h7,18H,2-6,13H2,1H3,(H,14,15,16). The van der Waals surface area contributed by atoms with Gasteiger partial charge in [0.2, 0.25) is 5.95 Å². The summed E-state index contributed by atoms with van der Waals surface area (Å²) in [6.45, 7) is 3.40. The number of rotatable bonds is 2. The van der Waals surface area contributed by atoms with Crippen molar-refractivity contribution in [3.8, 4) is 0 Å². The van der Waals surface area contributed by atoms with E-state index < -0.39 is 5.60 Å². The first kappa shape index (κ1) is 13.3. The van der Waals surface area contributed by atoms with E-state index in [0.717, 1.165) is 19.4 Å². The Labute approximate surface area is 111 Å². The molecule has 0 saturated carbocycles. The molecule has 0 spiro atoms. The van der Waals surface area contributed by atoms with Gasteiger partial charge in [0.05, 0.1) is 11.8 Å². The largest absolute Gasteiger partial charge is 0.390 e. The first-order valence-corrected chi connectivity index (χ1v) is 6.36. The molecule has 4 N–H and O–H groups in total. The molecule has 1 atom stereocenters. The smallest absolute Gasteiger partial charge is 0.239 e. The second kappa shape index (κ2) is 5.26. The molecule has 1 saturated heterocycles. The molecule has 2 heterocycles. The minimum Gasteiger partial charge on any atom is -0.390 e. The van der Waals surface area contributed by atoms with Crippen LogP contribution < -0.4 is 16.2 Å². The van der Waals surface area contributed by atoms with Crippen molar-refractivity contribution in [2.45, 2.75) is 31.8 Å². The minimum absolute atomic E-state index is 0.338. The predicted octanol–water partition coefficient (Wildman–Crippen LogP) is 1.16. The number of halogens is 1. The fourth-order valence-corrected chi connectivity index (χ4v) is 2.34. The number of anilines is 2. The van der Waals surface area contributed by atoms with Gasteiger partial charge in [-0.2, -0.15) is 4.98 Å². The van der Waals surface area contributed by atoms with Crippen LogP contribution in [0, 0.1) is 0 Å². The van der Waals surface area contributed by atoms with Crippen molar-refractivity contribution in [3.63, 3.8) is 0 Å². The molecule has 1 aliphatic heterocycles. The Morgan fingerprint density at radius 3 is 3.00 bits per heavy atom. The fourth-order valence-electron chi connectivity index (χ4n) is 2.12. The van der Waals surface area contributed by atoms with Gasteiger partial charge in [0, 0.05) is 13.1 Å². The summed E-state index contributed by atoms with van der Waals surface area (Å²) in [6, 6.07) is 0. The third-order valence-corrected chi connectivity index (χ3v) is 3.48. The van der Waals surface area contributed by atoms with Crippen molar-refractivity contribution in [3.05, 3.63) is 11.2 Å². The number of hydrazine groups is 1. The molecule has 100 valence electrons. The van der Waals surface area contributed by atoms with Crippen molar-refractivity contribution in [2.75, 3.05) is 23.4 Å². The molecule has 2 rings (SSSR count). The van der Waals surface area contributed by atoms with Crippen LogP contribution >= 0.6 is 11.6 Å². The van der Waals surface area contributed by atoms with Crippen LogP contribution in [0.3, 0.4) is 0 Å². The molecule has 1 aromatic rings. The Bertz CT molecular complexity index is 426. The third kappa shape index (κ3) is 3.01. The van der Waals surface area contributed by atoms with Gasteiger partial charge in [0.15, 0.2) is 5.82 Å². The topological polar surface area (TPSA) is 87.3 Å². The van der Waals surface area contributed by atoms with Gasteiger partial charge < -0.3 is 10.0 Å². The van der Waals surface area contributed by atoms with E-state index in [1.807, 2.05) is 6.92 Å². The van der Waals surface area contributed by atoms with Crippen molar-refractivity contribution in [1.29, 1.82) is 0 Å². The lowest BCUT2D eigenvalue weighted by atomic mass is 9.98. The molecular weight excluding hydrogens is 254 g/mol. The lowest BCUT2D eigenvalue weighted by Crippen LogP contribution is -2.29. The van der Waals surface area contributed by atoms with E-state index in [9.17, 15) is 5.11 Å². The Kier molecular flexibility index (Phi) is 3.89. The molecular formula is C11H18ClN5O. The van der Waals surface area contributed by atoms with Crippen LogP contribution in [0.5, 0.6) is 0 Å². The molecule has 0 bridgehead atoms. The first-order chi connectivity index (χ1) is 8.52. The van der Waals surface area contributed by atoms with Crippen LogP contribution in [-0.2, 0) is 0 Å². The maximum absolute atomic E-state index is 10.1. The molecule has 1 unspecified atom stereocenters. The maximum atomic E-state index is 10.1. The summed E-state index contributed by atoms with van der Waals surface area (Å²) >= 11 is 6.11. The highest BCUT2D eigenvalue weighted by Gasteiger charge is 2.26. The molecule has 7 heteroatoms. The quantitative estimate of drug-likeness (QED) is 0.553. The lowest BCUT2D eigenvalue weighted by Gasteiger charge is -2.24. The first-order valence-electron chi connectivity index (χ1n) is 5.98. The molecule has 1 aromatic heterocycles. The number of hydrogen-bond donors (Lipinski definition) is 3. The van der Waals surface area contributed by atoms with E-state index in [4.69, 9.17) is 17.4 Å². The predicted molar refractivity (Wildman–Crippen MR) is 71.5 cm³/mol. The SMILES string of the molecule is CC1(O)CCCN(c2nc(NN)ncc2Cl)CC1. The van der Waals surface area contributed by atoms with Crippen LogP contribution in [0.25, 0.3) is 0 Å². The van der Waals surface area contributed by atoms with Crippen molar-refractivity contribution < 1.29 is 5.11 Å². The van der Waals surface area contributed by atoms with Gasteiger partial charge in [-0.3, -0.25) is 5.43 Å². The molecule has 0 radical (unpaired) electrons. The van der Waals surface area contributed by atoms with Crippen LogP contribution in [-0.4, -0.2) is 33.8 Å². The lowest BCUT2D eigenvalue weighted by molar-refractivity contribution is 0.0481. The normalized spacial score (nSPS) is 24.8. The molecule has 6 nitrogen and oxygen atoms in total. The highest BCUT2D eigenvalue weighted by molar-refractivity contribution is 6.32. The Morgan fingerprint density at radius 1 is 1.50 bits per heavy atom. The highest BCUT2D eigenvalue weighted by atomic mass is 35.5. The van der Waals surface area contributed by atoms with Crippen LogP contribution in [0.2, 0.25) is 5.02 Å². The average molecular weight is 272 g/mol. The molecule has 18 heavy (non-hydrogen) atoms. The maximum Gasteiger partial charge on any atom is 0.239 e. The number of nitrogens with zero attached hydrogens (tertiary/aromatic N) is 3. The summed E-state index contributed by atoms with van der Waals surface area (Å²) in [5.41, 5.74) is 1.80. The van der Waals surface area contributed by atoms with Gasteiger partial charge in [-0.25, -0.2) is 10.8 Å². The second-order valence-corrected chi connectivity index (χ2v) is 5.25. The second-order valence-electron chi connectivity index (χ2n) is 4.85. The van der Waals surface area contributed by atoms with Crippen molar-refractivity contribution in [1.82, 2.24) is 9.97 Å². The average Bonchev–Trinajstić information content (AvgIpc) is 2.51. The summed E-state index contributed by atoms with van der Waals surface area (Å²) in [7, 11) is 0. The van der Waals surface area contributed by atoms with E-state index in [1.165, 1.54) is 6.20 Å². The van der Waals surface area contributed by atoms with E-state index in [-0.39, 0.29) is 0 Å². The molecule has 0 aliphatic carbocycles. The number of aromatic nitrogens is 2. The van der Waals surface area contributed by atoms with Crippen molar-refractivity contribution >= 4 is 23.4 Å². The monoisotopic (exact) mass is 271 g/mol. The third-order valence-electron chi connectivity index (χ3n) is 3.22. The number of hydrogen-bond acceptors (Lipinski definition) is 6. The fraction of sp³-hybridized carbons (Fsp3) is 0.636. The number of nitrogen functional groups attached to an aromatic ring is 1. The number of nitrogens with one attached hydrogen (secondary N) is 1. The van der Waals surface area contributed by atoms with Gasteiger partial charge in [-0.1, -0.05) is 11.6 Å². The van der Waals surface area contributed by atoms with E-state index in [2.05, 4.69) is 20.3 Å². The summed E-state index contributed by atoms with van der Waals surface area (Å²) in [5.74, 6) is 6.30. The van der Waals surface area contributed by atoms with Gasteiger partial charge in [-0.15, -0.1) is 0 Å².